The van der Waals surface area contributed by atoms with E-state index in [-0.39, 0.29) is 16.4 Å². The van der Waals surface area contributed by atoms with Crippen LogP contribution in [0.25, 0.3) is 0 Å². The van der Waals surface area contributed by atoms with E-state index in [0.717, 1.165) is 12.1 Å². The van der Waals surface area contributed by atoms with Crippen molar-refractivity contribution >= 4 is 17.3 Å². The van der Waals surface area contributed by atoms with Crippen molar-refractivity contribution in [1.82, 2.24) is 0 Å². The number of nitrogens with one attached hydrogen (secondary N) is 1. The quantitative estimate of drug-likeness (QED) is 0.813. The van der Waals surface area contributed by atoms with E-state index >= 15 is 0 Å². The van der Waals surface area contributed by atoms with Crippen LogP contribution in [0.3, 0.4) is 0 Å². The number of rotatable bonds is 2. The highest BCUT2D eigenvalue weighted by molar-refractivity contribution is 6.33. The first-order valence-electron chi connectivity index (χ1n) is 4.29. The summed E-state index contributed by atoms with van der Waals surface area (Å²) in [7, 11) is 0. The summed E-state index contributed by atoms with van der Waals surface area (Å²) in [5.41, 5.74) is -0.554. The van der Waals surface area contributed by atoms with Gasteiger partial charge in [-0.05, 0) is 18.2 Å². The molecular weight excluding hydrogens is 243 g/mol. The van der Waals surface area contributed by atoms with Crippen LogP contribution in [0.15, 0.2) is 29.5 Å². The maximum atomic E-state index is 12.9. The molecule has 1 rings (SSSR count). The monoisotopic (exact) mass is 246 g/mol. The molecule has 4 nitrogen and oxygen atoms in total. The maximum absolute atomic E-state index is 12.9. The van der Waals surface area contributed by atoms with Gasteiger partial charge in [-0.1, -0.05) is 11.6 Å². The van der Waals surface area contributed by atoms with Crippen LogP contribution >= 0.6 is 11.6 Å². The fourth-order valence-electron chi connectivity index (χ4n) is 1.01. The Morgan fingerprint density at radius 2 is 1.82 bits per heavy atom. The lowest BCUT2D eigenvalue weighted by molar-refractivity contribution is 0.628. The van der Waals surface area contributed by atoms with E-state index in [4.69, 9.17) is 27.4 Å². The van der Waals surface area contributed by atoms with Gasteiger partial charge < -0.3 is 5.32 Å². The molecule has 0 atom stereocenters. The van der Waals surface area contributed by atoms with Crippen LogP contribution < -0.4 is 5.32 Å². The third-order valence-electron chi connectivity index (χ3n) is 1.77. The van der Waals surface area contributed by atoms with Crippen LogP contribution in [0, 0.1) is 39.8 Å². The first-order chi connectivity index (χ1) is 8.12. The Hall–Kier alpha value is -2.55. The second-order valence-corrected chi connectivity index (χ2v) is 3.24. The molecule has 6 heteroatoms. The average molecular weight is 247 g/mol. The van der Waals surface area contributed by atoms with E-state index in [1.54, 1.807) is 18.2 Å². The lowest BCUT2D eigenvalue weighted by atomic mass is 10.2. The predicted molar refractivity (Wildman–Crippen MR) is 58.9 cm³/mol. The van der Waals surface area contributed by atoms with Crippen LogP contribution in [0.1, 0.15) is 0 Å². The van der Waals surface area contributed by atoms with Gasteiger partial charge in [0.2, 0.25) is 0 Å². The number of hydrogen-bond acceptors (Lipinski definition) is 4. The molecule has 0 saturated carbocycles. The number of anilines is 1. The van der Waals surface area contributed by atoms with Crippen LogP contribution in [0.5, 0.6) is 0 Å². The molecule has 0 saturated heterocycles. The summed E-state index contributed by atoms with van der Waals surface area (Å²) in [4.78, 5) is 0. The molecular formula is C11H4ClFN4. The fraction of sp³-hybridized carbons (Fsp3) is 0. The van der Waals surface area contributed by atoms with Crippen molar-refractivity contribution in [1.29, 1.82) is 15.8 Å². The second-order valence-electron chi connectivity index (χ2n) is 2.83. The zero-order chi connectivity index (χ0) is 12.8. The summed E-state index contributed by atoms with van der Waals surface area (Å²) >= 11 is 5.76. The van der Waals surface area contributed by atoms with E-state index in [1.807, 2.05) is 0 Å². The average Bonchev–Trinajstić information content (AvgIpc) is 2.33. The van der Waals surface area contributed by atoms with E-state index < -0.39 is 11.4 Å². The highest BCUT2D eigenvalue weighted by atomic mass is 35.5. The fourth-order valence-corrected chi connectivity index (χ4v) is 1.18. The predicted octanol–water partition coefficient (Wildman–Crippen LogP) is 2.72. The Morgan fingerprint density at radius 3 is 2.35 bits per heavy atom. The minimum atomic E-state index is -0.551. The van der Waals surface area contributed by atoms with Crippen molar-refractivity contribution in [3.8, 4) is 18.2 Å². The van der Waals surface area contributed by atoms with E-state index in [9.17, 15) is 4.39 Å². The lowest BCUT2D eigenvalue weighted by Gasteiger charge is -2.06. The standard InChI is InChI=1S/C11H4ClFN4/c12-9-2-1-8(13)3-10(9)17-11(6-16)7(4-14)5-15/h1-3,17H. The number of benzene rings is 1. The highest BCUT2D eigenvalue weighted by Crippen LogP contribution is 2.24. The van der Waals surface area contributed by atoms with Gasteiger partial charge in [0.05, 0.1) is 10.7 Å². The van der Waals surface area contributed by atoms with Crippen molar-refractivity contribution in [3.05, 3.63) is 40.3 Å². The Balaban J connectivity index is 3.20. The number of nitrogens with zero attached hydrogens (tertiary/aromatic N) is 3. The van der Waals surface area contributed by atoms with Crippen LogP contribution in [-0.4, -0.2) is 0 Å². The topological polar surface area (TPSA) is 83.4 Å². The molecule has 0 radical (unpaired) electrons. The van der Waals surface area contributed by atoms with E-state index in [1.165, 1.54) is 6.07 Å². The summed E-state index contributed by atoms with van der Waals surface area (Å²) in [6, 6.07) is 8.26. The molecule has 82 valence electrons. The molecule has 0 amide bonds. The van der Waals surface area contributed by atoms with Gasteiger partial charge in [0.25, 0.3) is 0 Å². The van der Waals surface area contributed by atoms with Crippen molar-refractivity contribution in [2.45, 2.75) is 0 Å². The maximum Gasteiger partial charge on any atom is 0.163 e. The van der Waals surface area contributed by atoms with Crippen molar-refractivity contribution in [2.24, 2.45) is 0 Å². The van der Waals surface area contributed by atoms with E-state index in [0.29, 0.717) is 0 Å². The Labute approximate surface area is 102 Å². The third-order valence-corrected chi connectivity index (χ3v) is 2.10. The smallest absolute Gasteiger partial charge is 0.163 e. The summed E-state index contributed by atoms with van der Waals surface area (Å²) in [5, 5.41) is 28.6. The Bertz CT molecular complexity index is 585. The summed E-state index contributed by atoms with van der Waals surface area (Å²) < 4.78 is 12.9. The molecule has 0 aliphatic heterocycles. The summed E-state index contributed by atoms with van der Waals surface area (Å²) in [5.74, 6) is -0.551. The van der Waals surface area contributed by atoms with Crippen molar-refractivity contribution < 1.29 is 4.39 Å². The Kier molecular flexibility index (Phi) is 4.06. The van der Waals surface area contributed by atoms with Crippen molar-refractivity contribution in [3.63, 3.8) is 0 Å². The third kappa shape index (κ3) is 2.95. The number of allylic oxidation sites excluding steroid dienone is 2. The van der Waals surface area contributed by atoms with Gasteiger partial charge in [0.1, 0.15) is 29.7 Å². The highest BCUT2D eigenvalue weighted by Gasteiger charge is 2.09. The number of nitriles is 3. The summed E-state index contributed by atoms with van der Waals surface area (Å²) in [6.07, 6.45) is 0. The molecule has 0 aliphatic rings. The normalized spacial score (nSPS) is 8.41. The van der Waals surface area contributed by atoms with Gasteiger partial charge in [-0.25, -0.2) is 4.39 Å². The number of halogens is 2. The molecule has 0 aliphatic carbocycles. The second kappa shape index (κ2) is 5.51. The van der Waals surface area contributed by atoms with Gasteiger partial charge in [0, 0.05) is 0 Å². The number of hydrogen-bond donors (Lipinski definition) is 1. The van der Waals surface area contributed by atoms with Crippen LogP contribution in [-0.2, 0) is 0 Å². The molecule has 0 heterocycles. The van der Waals surface area contributed by atoms with Crippen LogP contribution in [0.4, 0.5) is 10.1 Å². The van der Waals surface area contributed by atoms with Gasteiger partial charge in [-0.15, -0.1) is 0 Å². The van der Waals surface area contributed by atoms with Gasteiger partial charge >= 0.3 is 0 Å². The minimum Gasteiger partial charge on any atom is -0.344 e. The Morgan fingerprint density at radius 1 is 1.18 bits per heavy atom. The SMILES string of the molecule is N#CC(C#N)=C(C#N)Nc1cc(F)ccc1Cl. The van der Waals surface area contributed by atoms with Crippen molar-refractivity contribution in [2.75, 3.05) is 5.32 Å². The molecule has 0 spiro atoms. The molecule has 1 aromatic carbocycles. The molecule has 1 N–H and O–H groups in total. The zero-order valence-electron chi connectivity index (χ0n) is 8.33. The van der Waals surface area contributed by atoms with Gasteiger partial charge in [0.15, 0.2) is 5.57 Å². The molecule has 0 bridgehead atoms. The summed E-state index contributed by atoms with van der Waals surface area (Å²) in [6.45, 7) is 0. The molecule has 0 aromatic heterocycles. The molecule has 17 heavy (non-hydrogen) atoms. The van der Waals surface area contributed by atoms with Crippen LogP contribution in [0.2, 0.25) is 5.02 Å². The lowest BCUT2D eigenvalue weighted by Crippen LogP contribution is -2.01. The zero-order valence-corrected chi connectivity index (χ0v) is 9.09. The van der Waals surface area contributed by atoms with E-state index in [2.05, 4.69) is 5.32 Å². The molecule has 0 fully saturated rings. The molecule has 1 aromatic rings. The van der Waals surface area contributed by atoms with Gasteiger partial charge in [-0.2, -0.15) is 15.8 Å². The first-order valence-corrected chi connectivity index (χ1v) is 4.66. The minimum absolute atomic E-state index is 0.117. The largest absolute Gasteiger partial charge is 0.344 e. The van der Waals surface area contributed by atoms with Gasteiger partial charge in [-0.3, -0.25) is 0 Å². The first kappa shape index (κ1) is 12.5. The molecule has 0 unspecified atom stereocenters.